The number of carboxylic acid groups (broad SMARTS) is 2. The van der Waals surface area contributed by atoms with Gasteiger partial charge >= 0.3 is 18.0 Å². The SMILES string of the molecule is NCCCC[C@@H](NC(=O)NCCCC(=O)O)C(=O)O. The molecule has 0 unspecified atom stereocenters. The van der Waals surface area contributed by atoms with Crippen LogP contribution in [-0.4, -0.2) is 47.3 Å². The van der Waals surface area contributed by atoms with Crippen LogP contribution in [0.5, 0.6) is 0 Å². The average molecular weight is 275 g/mol. The predicted molar refractivity (Wildman–Crippen MR) is 67.7 cm³/mol. The summed E-state index contributed by atoms with van der Waals surface area (Å²) in [4.78, 5) is 32.5. The number of aliphatic carboxylic acids is 2. The summed E-state index contributed by atoms with van der Waals surface area (Å²) in [7, 11) is 0. The van der Waals surface area contributed by atoms with Gasteiger partial charge in [-0.1, -0.05) is 0 Å². The van der Waals surface area contributed by atoms with Crippen molar-refractivity contribution in [3.8, 4) is 0 Å². The zero-order valence-corrected chi connectivity index (χ0v) is 10.7. The first-order chi connectivity index (χ1) is 8.97. The Morgan fingerprint density at radius 1 is 1.11 bits per heavy atom. The summed E-state index contributed by atoms with van der Waals surface area (Å²) in [5.41, 5.74) is 5.30. The second kappa shape index (κ2) is 10.1. The van der Waals surface area contributed by atoms with Gasteiger partial charge in [-0.15, -0.1) is 0 Å². The van der Waals surface area contributed by atoms with E-state index < -0.39 is 24.0 Å². The standard InChI is InChI=1S/C11H21N3O5/c12-6-2-1-4-8(10(17)18)14-11(19)13-7-3-5-9(15)16/h8H,1-7,12H2,(H,15,16)(H,17,18)(H2,13,14,19)/t8-/m1/s1. The van der Waals surface area contributed by atoms with Crippen LogP contribution in [0.2, 0.25) is 0 Å². The second-order valence-electron chi connectivity index (χ2n) is 4.07. The Bertz CT molecular complexity index is 309. The first kappa shape index (κ1) is 17.2. The van der Waals surface area contributed by atoms with Crippen molar-refractivity contribution in [2.24, 2.45) is 5.73 Å². The van der Waals surface area contributed by atoms with E-state index in [9.17, 15) is 14.4 Å². The largest absolute Gasteiger partial charge is 0.481 e. The van der Waals surface area contributed by atoms with E-state index in [2.05, 4.69) is 10.6 Å². The average Bonchev–Trinajstić information content (AvgIpc) is 2.33. The lowest BCUT2D eigenvalue weighted by Crippen LogP contribution is -2.46. The van der Waals surface area contributed by atoms with Gasteiger partial charge in [-0.3, -0.25) is 4.79 Å². The molecule has 6 N–H and O–H groups in total. The number of rotatable bonds is 10. The summed E-state index contributed by atoms with van der Waals surface area (Å²) in [6.45, 7) is 0.668. The third-order valence-corrected chi connectivity index (χ3v) is 2.40. The molecule has 8 heteroatoms. The van der Waals surface area contributed by atoms with Gasteiger partial charge in [-0.05, 0) is 32.2 Å². The van der Waals surface area contributed by atoms with Gasteiger partial charge in [0, 0.05) is 13.0 Å². The number of unbranched alkanes of at least 4 members (excludes halogenated alkanes) is 1. The molecule has 0 aliphatic rings. The van der Waals surface area contributed by atoms with Crippen molar-refractivity contribution in [1.29, 1.82) is 0 Å². The van der Waals surface area contributed by atoms with Crippen molar-refractivity contribution in [3.05, 3.63) is 0 Å². The van der Waals surface area contributed by atoms with Gasteiger partial charge in [0.2, 0.25) is 0 Å². The van der Waals surface area contributed by atoms with Crippen LogP contribution in [0.1, 0.15) is 32.1 Å². The molecule has 0 saturated heterocycles. The lowest BCUT2D eigenvalue weighted by molar-refractivity contribution is -0.139. The van der Waals surface area contributed by atoms with Crippen LogP contribution < -0.4 is 16.4 Å². The van der Waals surface area contributed by atoms with E-state index in [0.717, 1.165) is 0 Å². The van der Waals surface area contributed by atoms with E-state index in [1.807, 2.05) is 0 Å². The number of hydrogen-bond acceptors (Lipinski definition) is 4. The number of amides is 2. The summed E-state index contributed by atoms with van der Waals surface area (Å²) in [5, 5.41) is 22.1. The number of carbonyl (C=O) groups excluding carboxylic acids is 1. The topological polar surface area (TPSA) is 142 Å². The highest BCUT2D eigenvalue weighted by atomic mass is 16.4. The van der Waals surface area contributed by atoms with Crippen LogP contribution in [-0.2, 0) is 9.59 Å². The number of hydrogen-bond donors (Lipinski definition) is 5. The molecule has 0 aromatic rings. The molecule has 0 bridgehead atoms. The molecule has 0 heterocycles. The van der Waals surface area contributed by atoms with E-state index in [-0.39, 0.29) is 13.0 Å². The lowest BCUT2D eigenvalue weighted by atomic mass is 10.1. The number of nitrogens with two attached hydrogens (primary N) is 1. The van der Waals surface area contributed by atoms with Gasteiger partial charge < -0.3 is 26.6 Å². The maximum absolute atomic E-state index is 11.4. The summed E-state index contributed by atoms with van der Waals surface area (Å²) in [6, 6.07) is -1.56. The predicted octanol–water partition coefficient (Wildman–Crippen LogP) is -0.267. The number of urea groups is 1. The molecule has 0 rings (SSSR count). The molecule has 0 radical (unpaired) electrons. The maximum Gasteiger partial charge on any atom is 0.326 e. The van der Waals surface area contributed by atoms with E-state index in [0.29, 0.717) is 32.2 Å². The molecule has 0 aromatic carbocycles. The quantitative estimate of drug-likeness (QED) is 0.347. The highest BCUT2D eigenvalue weighted by Crippen LogP contribution is 2.00. The highest BCUT2D eigenvalue weighted by Gasteiger charge is 2.18. The van der Waals surface area contributed by atoms with Gasteiger partial charge in [0.05, 0.1) is 0 Å². The minimum absolute atomic E-state index is 0.0425. The maximum atomic E-state index is 11.4. The van der Waals surface area contributed by atoms with Crippen LogP contribution in [0.3, 0.4) is 0 Å². The van der Waals surface area contributed by atoms with E-state index in [1.54, 1.807) is 0 Å². The Balaban J connectivity index is 3.89. The third kappa shape index (κ3) is 9.83. The fraction of sp³-hybridized carbons (Fsp3) is 0.727. The van der Waals surface area contributed by atoms with Crippen molar-refractivity contribution in [2.45, 2.75) is 38.1 Å². The van der Waals surface area contributed by atoms with Crippen molar-refractivity contribution in [1.82, 2.24) is 10.6 Å². The van der Waals surface area contributed by atoms with Crippen molar-refractivity contribution < 1.29 is 24.6 Å². The minimum Gasteiger partial charge on any atom is -0.481 e. The molecule has 110 valence electrons. The number of carbonyl (C=O) groups is 3. The van der Waals surface area contributed by atoms with E-state index in [1.165, 1.54) is 0 Å². The monoisotopic (exact) mass is 275 g/mol. The zero-order valence-electron chi connectivity index (χ0n) is 10.7. The molecule has 19 heavy (non-hydrogen) atoms. The molecule has 1 atom stereocenters. The normalized spacial score (nSPS) is 11.6. The molecule has 0 spiro atoms. The summed E-state index contributed by atoms with van der Waals surface area (Å²) in [6.07, 6.45) is 1.89. The minimum atomic E-state index is -1.10. The van der Waals surface area contributed by atoms with Crippen LogP contribution in [0.4, 0.5) is 4.79 Å². The van der Waals surface area contributed by atoms with E-state index in [4.69, 9.17) is 15.9 Å². The molecule has 0 aliphatic carbocycles. The van der Waals surface area contributed by atoms with Crippen LogP contribution in [0.15, 0.2) is 0 Å². The Morgan fingerprint density at radius 3 is 2.32 bits per heavy atom. The Labute approximate surface area is 111 Å². The Kier molecular flexibility index (Phi) is 9.15. The van der Waals surface area contributed by atoms with Gasteiger partial charge in [0.25, 0.3) is 0 Å². The summed E-state index contributed by atoms with van der Waals surface area (Å²) >= 11 is 0. The summed E-state index contributed by atoms with van der Waals surface area (Å²) < 4.78 is 0. The van der Waals surface area contributed by atoms with Gasteiger partial charge in [0.15, 0.2) is 0 Å². The zero-order chi connectivity index (χ0) is 14.7. The molecular formula is C11H21N3O5. The molecule has 0 aliphatic heterocycles. The van der Waals surface area contributed by atoms with Crippen molar-refractivity contribution >= 4 is 18.0 Å². The fourth-order valence-corrected chi connectivity index (χ4v) is 1.40. The molecule has 2 amide bonds. The van der Waals surface area contributed by atoms with Crippen LogP contribution >= 0.6 is 0 Å². The third-order valence-electron chi connectivity index (χ3n) is 2.40. The van der Waals surface area contributed by atoms with Crippen LogP contribution in [0, 0.1) is 0 Å². The first-order valence-corrected chi connectivity index (χ1v) is 6.16. The van der Waals surface area contributed by atoms with Gasteiger partial charge in [-0.2, -0.15) is 0 Å². The molecular weight excluding hydrogens is 254 g/mol. The molecule has 8 nitrogen and oxygen atoms in total. The highest BCUT2D eigenvalue weighted by molar-refractivity contribution is 5.82. The van der Waals surface area contributed by atoms with Gasteiger partial charge in [-0.25, -0.2) is 9.59 Å². The second-order valence-corrected chi connectivity index (χ2v) is 4.07. The fourth-order valence-electron chi connectivity index (χ4n) is 1.40. The summed E-state index contributed by atoms with van der Waals surface area (Å²) in [5.74, 6) is -2.04. The number of carboxylic acids is 2. The molecule has 0 saturated carbocycles. The number of nitrogens with one attached hydrogen (secondary N) is 2. The van der Waals surface area contributed by atoms with Crippen molar-refractivity contribution in [3.63, 3.8) is 0 Å². The van der Waals surface area contributed by atoms with E-state index >= 15 is 0 Å². The van der Waals surface area contributed by atoms with Crippen LogP contribution in [0.25, 0.3) is 0 Å². The first-order valence-electron chi connectivity index (χ1n) is 6.16. The molecule has 0 aromatic heterocycles. The Hall–Kier alpha value is -1.83. The lowest BCUT2D eigenvalue weighted by Gasteiger charge is -2.14. The molecule has 0 fully saturated rings. The Morgan fingerprint density at radius 2 is 1.79 bits per heavy atom. The smallest absolute Gasteiger partial charge is 0.326 e. The van der Waals surface area contributed by atoms with Crippen molar-refractivity contribution in [2.75, 3.05) is 13.1 Å². The van der Waals surface area contributed by atoms with Gasteiger partial charge in [0.1, 0.15) is 6.04 Å².